The van der Waals surface area contributed by atoms with Gasteiger partial charge in [-0.05, 0) is 49.4 Å². The SMILES string of the molecule is CC(C)C(NC(=O)c1ccccc1NC(=O)c1ccccc1)C(=O)N1CCCCC1. The minimum Gasteiger partial charge on any atom is -0.341 e. The molecule has 30 heavy (non-hydrogen) atoms. The molecule has 0 spiro atoms. The molecule has 0 bridgehead atoms. The lowest BCUT2D eigenvalue weighted by molar-refractivity contribution is -0.135. The average Bonchev–Trinajstić information content (AvgIpc) is 2.78. The first-order chi connectivity index (χ1) is 14.5. The van der Waals surface area contributed by atoms with E-state index in [0.29, 0.717) is 16.8 Å². The molecule has 1 aliphatic heterocycles. The van der Waals surface area contributed by atoms with Gasteiger partial charge in [-0.25, -0.2) is 0 Å². The van der Waals surface area contributed by atoms with Gasteiger partial charge in [-0.15, -0.1) is 0 Å². The van der Waals surface area contributed by atoms with Crippen LogP contribution in [0.5, 0.6) is 0 Å². The maximum atomic E-state index is 13.1. The van der Waals surface area contributed by atoms with Crippen molar-refractivity contribution in [2.45, 2.75) is 39.2 Å². The molecule has 1 atom stereocenters. The highest BCUT2D eigenvalue weighted by atomic mass is 16.2. The summed E-state index contributed by atoms with van der Waals surface area (Å²) in [7, 11) is 0. The van der Waals surface area contributed by atoms with Crippen LogP contribution in [0.3, 0.4) is 0 Å². The first-order valence-corrected chi connectivity index (χ1v) is 10.5. The van der Waals surface area contributed by atoms with Crippen molar-refractivity contribution in [1.29, 1.82) is 0 Å². The van der Waals surface area contributed by atoms with E-state index in [1.54, 1.807) is 48.5 Å². The number of likely N-dealkylation sites (tertiary alicyclic amines) is 1. The Morgan fingerprint density at radius 1 is 0.833 bits per heavy atom. The summed E-state index contributed by atoms with van der Waals surface area (Å²) in [5, 5.41) is 5.71. The summed E-state index contributed by atoms with van der Waals surface area (Å²) in [4.78, 5) is 40.4. The van der Waals surface area contributed by atoms with Gasteiger partial charge in [0.05, 0.1) is 11.3 Å². The summed E-state index contributed by atoms with van der Waals surface area (Å²) < 4.78 is 0. The Balaban J connectivity index is 1.75. The van der Waals surface area contributed by atoms with E-state index in [2.05, 4.69) is 10.6 Å². The Kier molecular flexibility index (Phi) is 7.22. The topological polar surface area (TPSA) is 78.5 Å². The molecule has 0 aliphatic carbocycles. The zero-order valence-electron chi connectivity index (χ0n) is 17.6. The fourth-order valence-corrected chi connectivity index (χ4v) is 3.62. The van der Waals surface area contributed by atoms with Crippen molar-refractivity contribution in [1.82, 2.24) is 10.2 Å². The molecule has 0 aromatic heterocycles. The summed E-state index contributed by atoms with van der Waals surface area (Å²) >= 11 is 0. The molecule has 1 unspecified atom stereocenters. The van der Waals surface area contributed by atoms with Gasteiger partial charge < -0.3 is 15.5 Å². The van der Waals surface area contributed by atoms with E-state index in [1.165, 1.54) is 0 Å². The van der Waals surface area contributed by atoms with Gasteiger partial charge in [-0.1, -0.05) is 44.2 Å². The van der Waals surface area contributed by atoms with E-state index in [0.717, 1.165) is 32.4 Å². The van der Waals surface area contributed by atoms with Gasteiger partial charge >= 0.3 is 0 Å². The van der Waals surface area contributed by atoms with Crippen molar-refractivity contribution in [2.75, 3.05) is 18.4 Å². The second-order valence-electron chi connectivity index (χ2n) is 7.95. The molecule has 0 saturated carbocycles. The lowest BCUT2D eigenvalue weighted by Crippen LogP contribution is -2.52. The highest BCUT2D eigenvalue weighted by Gasteiger charge is 2.30. The molecule has 0 radical (unpaired) electrons. The predicted octanol–water partition coefficient (Wildman–Crippen LogP) is 3.71. The zero-order chi connectivity index (χ0) is 21.5. The van der Waals surface area contributed by atoms with E-state index in [4.69, 9.17) is 0 Å². The summed E-state index contributed by atoms with van der Waals surface area (Å²) in [6.45, 7) is 5.33. The maximum absolute atomic E-state index is 13.1. The number of hydrogen-bond donors (Lipinski definition) is 2. The minimum absolute atomic E-state index is 0.0381. The first kappa shape index (κ1) is 21.6. The largest absolute Gasteiger partial charge is 0.341 e. The van der Waals surface area contributed by atoms with Gasteiger partial charge in [0.1, 0.15) is 6.04 Å². The number of amides is 3. The number of piperidine rings is 1. The third-order valence-electron chi connectivity index (χ3n) is 5.34. The van der Waals surface area contributed by atoms with Crippen LogP contribution >= 0.6 is 0 Å². The number of anilines is 1. The van der Waals surface area contributed by atoms with Crippen LogP contribution in [0.1, 0.15) is 53.8 Å². The number of rotatable bonds is 6. The van der Waals surface area contributed by atoms with Gasteiger partial charge in [0.2, 0.25) is 5.91 Å². The Morgan fingerprint density at radius 2 is 1.47 bits per heavy atom. The molecular formula is C24H29N3O3. The molecule has 158 valence electrons. The van der Waals surface area contributed by atoms with Gasteiger partial charge in [0, 0.05) is 18.7 Å². The maximum Gasteiger partial charge on any atom is 0.255 e. The summed E-state index contributed by atoms with van der Waals surface area (Å²) in [5.41, 5.74) is 1.25. The zero-order valence-corrected chi connectivity index (χ0v) is 17.6. The second-order valence-corrected chi connectivity index (χ2v) is 7.95. The second kappa shape index (κ2) is 10.1. The molecule has 2 aromatic rings. The van der Waals surface area contributed by atoms with Crippen molar-refractivity contribution < 1.29 is 14.4 Å². The smallest absolute Gasteiger partial charge is 0.255 e. The standard InChI is InChI=1S/C24H29N3O3/c1-17(2)21(24(30)27-15-9-4-10-16-27)26-23(29)19-13-7-8-14-20(19)25-22(28)18-11-5-3-6-12-18/h3,5-8,11-14,17,21H,4,9-10,15-16H2,1-2H3,(H,25,28)(H,26,29). The summed E-state index contributed by atoms with van der Waals surface area (Å²) in [5.74, 6) is -0.748. The minimum atomic E-state index is -0.603. The van der Waals surface area contributed by atoms with Crippen LogP contribution in [-0.4, -0.2) is 41.8 Å². The van der Waals surface area contributed by atoms with E-state index in [9.17, 15) is 14.4 Å². The van der Waals surface area contributed by atoms with E-state index in [-0.39, 0.29) is 23.6 Å². The van der Waals surface area contributed by atoms with Crippen molar-refractivity contribution in [2.24, 2.45) is 5.92 Å². The Bertz CT molecular complexity index is 890. The fraction of sp³-hybridized carbons (Fsp3) is 0.375. The van der Waals surface area contributed by atoms with Crippen LogP contribution in [-0.2, 0) is 4.79 Å². The number of hydrogen-bond acceptors (Lipinski definition) is 3. The molecule has 3 rings (SSSR count). The van der Waals surface area contributed by atoms with Crippen LogP contribution in [0, 0.1) is 5.92 Å². The molecule has 3 amide bonds. The molecule has 2 N–H and O–H groups in total. The molecule has 6 heteroatoms. The predicted molar refractivity (Wildman–Crippen MR) is 117 cm³/mol. The third-order valence-corrected chi connectivity index (χ3v) is 5.34. The summed E-state index contributed by atoms with van der Waals surface area (Å²) in [6.07, 6.45) is 3.13. The molecule has 1 heterocycles. The Hall–Kier alpha value is -3.15. The normalized spacial score (nSPS) is 14.8. The number of carbonyl (C=O) groups is 3. The van der Waals surface area contributed by atoms with Gasteiger partial charge in [0.25, 0.3) is 11.8 Å². The average molecular weight is 408 g/mol. The first-order valence-electron chi connectivity index (χ1n) is 10.5. The number of nitrogens with zero attached hydrogens (tertiary/aromatic N) is 1. The number of nitrogens with one attached hydrogen (secondary N) is 2. The lowest BCUT2D eigenvalue weighted by Gasteiger charge is -2.32. The van der Waals surface area contributed by atoms with Gasteiger partial charge in [-0.3, -0.25) is 14.4 Å². The van der Waals surface area contributed by atoms with Gasteiger partial charge in [-0.2, -0.15) is 0 Å². The third kappa shape index (κ3) is 5.26. The monoisotopic (exact) mass is 407 g/mol. The fourth-order valence-electron chi connectivity index (χ4n) is 3.62. The molecule has 1 saturated heterocycles. The highest BCUT2D eigenvalue weighted by molar-refractivity contribution is 6.09. The van der Waals surface area contributed by atoms with Crippen LogP contribution < -0.4 is 10.6 Å². The Morgan fingerprint density at radius 3 is 2.13 bits per heavy atom. The van der Waals surface area contributed by atoms with Crippen molar-refractivity contribution in [3.05, 3.63) is 65.7 Å². The highest BCUT2D eigenvalue weighted by Crippen LogP contribution is 2.18. The van der Waals surface area contributed by atoms with E-state index in [1.807, 2.05) is 24.8 Å². The van der Waals surface area contributed by atoms with Crippen LogP contribution in [0.2, 0.25) is 0 Å². The molecule has 2 aromatic carbocycles. The molecule has 1 fully saturated rings. The molecular weight excluding hydrogens is 378 g/mol. The van der Waals surface area contributed by atoms with Crippen molar-refractivity contribution in [3.8, 4) is 0 Å². The summed E-state index contributed by atoms with van der Waals surface area (Å²) in [6, 6.07) is 15.1. The number of carbonyl (C=O) groups excluding carboxylic acids is 3. The quantitative estimate of drug-likeness (QED) is 0.766. The van der Waals surface area contributed by atoms with Crippen LogP contribution in [0.25, 0.3) is 0 Å². The van der Waals surface area contributed by atoms with Crippen molar-refractivity contribution in [3.63, 3.8) is 0 Å². The van der Waals surface area contributed by atoms with Gasteiger partial charge in [0.15, 0.2) is 0 Å². The van der Waals surface area contributed by atoms with E-state index < -0.39 is 6.04 Å². The van der Waals surface area contributed by atoms with Crippen LogP contribution in [0.15, 0.2) is 54.6 Å². The molecule has 1 aliphatic rings. The molecule has 6 nitrogen and oxygen atoms in total. The van der Waals surface area contributed by atoms with Crippen molar-refractivity contribution >= 4 is 23.4 Å². The van der Waals surface area contributed by atoms with E-state index >= 15 is 0 Å². The number of benzene rings is 2. The lowest BCUT2D eigenvalue weighted by atomic mass is 10.00. The number of para-hydroxylation sites is 1. The Labute approximate surface area is 177 Å². The van der Waals surface area contributed by atoms with Crippen LogP contribution in [0.4, 0.5) is 5.69 Å².